The van der Waals surface area contributed by atoms with Crippen LogP contribution in [0, 0.1) is 17.3 Å². The summed E-state index contributed by atoms with van der Waals surface area (Å²) >= 11 is 8.11. The van der Waals surface area contributed by atoms with Gasteiger partial charge in [-0.05, 0) is 50.4 Å². The number of carbonyl (C=O) groups excluding carboxylic acids is 2. The fourth-order valence-corrected chi connectivity index (χ4v) is 6.45. The van der Waals surface area contributed by atoms with Gasteiger partial charge in [0.2, 0.25) is 11.8 Å². The largest absolute Gasteiger partial charge is 0.347 e. The number of nitrogens with zero attached hydrogens (tertiary/aromatic N) is 1. The average molecular weight is 354 g/mol. The van der Waals surface area contributed by atoms with Gasteiger partial charge in [0, 0.05) is 16.5 Å². The van der Waals surface area contributed by atoms with Crippen LogP contribution in [0.4, 0.5) is 5.13 Å². The van der Waals surface area contributed by atoms with Crippen molar-refractivity contribution in [2.75, 3.05) is 11.9 Å². The Balaban J connectivity index is 1.38. The number of aromatic nitrogens is 1. The van der Waals surface area contributed by atoms with Gasteiger partial charge in [-0.3, -0.25) is 9.59 Å². The molecule has 23 heavy (non-hydrogen) atoms. The molecule has 0 radical (unpaired) electrons. The number of nitrogens with one attached hydrogen (secondary N) is 2. The van der Waals surface area contributed by atoms with Gasteiger partial charge in [-0.25, -0.2) is 4.98 Å². The molecule has 2 atom stereocenters. The molecule has 4 saturated carbocycles. The maximum Gasteiger partial charge on any atom is 0.245 e. The lowest BCUT2D eigenvalue weighted by atomic mass is 9.49. The van der Waals surface area contributed by atoms with E-state index >= 15 is 0 Å². The van der Waals surface area contributed by atoms with E-state index in [1.807, 2.05) is 0 Å². The molecule has 1 aromatic heterocycles. The van der Waals surface area contributed by atoms with E-state index in [4.69, 9.17) is 11.6 Å². The SMILES string of the molecule is O=C(CNC(=O)C12CC3CC(CC(Cl)(C3)C1)C2)Nc1nccs1. The summed E-state index contributed by atoms with van der Waals surface area (Å²) in [7, 11) is 0. The molecule has 5 nitrogen and oxygen atoms in total. The van der Waals surface area contributed by atoms with Crippen molar-refractivity contribution in [3.63, 3.8) is 0 Å². The van der Waals surface area contributed by atoms with E-state index in [1.165, 1.54) is 17.8 Å². The van der Waals surface area contributed by atoms with Crippen LogP contribution in [0.1, 0.15) is 38.5 Å². The monoisotopic (exact) mass is 353 g/mol. The molecule has 4 aliphatic rings. The van der Waals surface area contributed by atoms with Gasteiger partial charge in [0.25, 0.3) is 0 Å². The van der Waals surface area contributed by atoms with Crippen molar-refractivity contribution in [1.29, 1.82) is 0 Å². The van der Waals surface area contributed by atoms with Crippen molar-refractivity contribution in [2.45, 2.75) is 43.4 Å². The van der Waals surface area contributed by atoms with Gasteiger partial charge < -0.3 is 10.6 Å². The summed E-state index contributed by atoms with van der Waals surface area (Å²) in [5, 5.41) is 7.87. The quantitative estimate of drug-likeness (QED) is 0.817. The molecule has 5 rings (SSSR count). The van der Waals surface area contributed by atoms with Crippen LogP contribution in [0.2, 0.25) is 0 Å². The minimum absolute atomic E-state index is 0.00548. The summed E-state index contributed by atoms with van der Waals surface area (Å²) in [6, 6.07) is 0. The first-order valence-electron chi connectivity index (χ1n) is 8.13. The number of hydrogen-bond acceptors (Lipinski definition) is 4. The standard InChI is InChI=1S/C16H20ClN3O2S/c17-16-6-10-3-11(7-16)5-15(4-10,9-16)13(22)19-8-12(21)20-14-18-1-2-23-14/h1-2,10-11H,3-9H2,(H,19,22)(H,18,20,21). The van der Waals surface area contributed by atoms with Gasteiger partial charge in [-0.2, -0.15) is 0 Å². The predicted octanol–water partition coefficient (Wildman–Crippen LogP) is 2.78. The first-order chi connectivity index (χ1) is 11.0. The Labute approximate surface area is 144 Å². The van der Waals surface area contributed by atoms with Gasteiger partial charge in [-0.15, -0.1) is 22.9 Å². The van der Waals surface area contributed by atoms with Gasteiger partial charge in [0.05, 0.1) is 12.0 Å². The number of hydrogen-bond donors (Lipinski definition) is 2. The highest BCUT2D eigenvalue weighted by molar-refractivity contribution is 7.13. The summed E-state index contributed by atoms with van der Waals surface area (Å²) < 4.78 is 0. The molecule has 124 valence electrons. The van der Waals surface area contributed by atoms with E-state index in [1.54, 1.807) is 11.6 Å². The van der Waals surface area contributed by atoms with Crippen LogP contribution in [0.5, 0.6) is 0 Å². The highest BCUT2D eigenvalue weighted by atomic mass is 35.5. The minimum Gasteiger partial charge on any atom is -0.347 e. The molecule has 1 aromatic rings. The smallest absolute Gasteiger partial charge is 0.245 e. The maximum atomic E-state index is 12.8. The van der Waals surface area contributed by atoms with Crippen LogP contribution in [0.25, 0.3) is 0 Å². The third-order valence-corrected chi connectivity index (χ3v) is 6.69. The van der Waals surface area contributed by atoms with Crippen LogP contribution in [0.3, 0.4) is 0 Å². The fourth-order valence-electron chi connectivity index (χ4n) is 5.21. The summed E-state index contributed by atoms with van der Waals surface area (Å²) in [6.07, 6.45) is 7.56. The van der Waals surface area contributed by atoms with Crippen LogP contribution >= 0.6 is 22.9 Å². The average Bonchev–Trinajstić information content (AvgIpc) is 2.95. The molecule has 0 spiro atoms. The van der Waals surface area contributed by atoms with E-state index < -0.39 is 0 Å². The molecule has 2 amide bonds. The molecule has 4 bridgehead atoms. The minimum atomic E-state index is -0.354. The van der Waals surface area contributed by atoms with E-state index in [-0.39, 0.29) is 28.6 Å². The normalized spacial score (nSPS) is 37.6. The summed E-state index contributed by atoms with van der Waals surface area (Å²) in [5.74, 6) is 0.914. The molecule has 0 aromatic carbocycles. The fraction of sp³-hybridized carbons (Fsp3) is 0.688. The third kappa shape index (κ3) is 2.87. The second kappa shape index (κ2) is 5.45. The van der Waals surface area contributed by atoms with Crippen molar-refractivity contribution >= 4 is 39.9 Å². The van der Waals surface area contributed by atoms with Crippen LogP contribution in [-0.2, 0) is 9.59 Å². The van der Waals surface area contributed by atoms with Crippen LogP contribution in [-0.4, -0.2) is 28.2 Å². The Morgan fingerprint density at radius 3 is 2.65 bits per heavy atom. The van der Waals surface area contributed by atoms with Gasteiger partial charge in [0.1, 0.15) is 0 Å². The van der Waals surface area contributed by atoms with Crippen LogP contribution in [0.15, 0.2) is 11.6 Å². The Morgan fingerprint density at radius 1 is 1.30 bits per heavy atom. The molecular weight excluding hydrogens is 334 g/mol. The van der Waals surface area contributed by atoms with Crippen LogP contribution < -0.4 is 10.6 Å². The van der Waals surface area contributed by atoms with Crippen molar-refractivity contribution < 1.29 is 9.59 Å². The zero-order chi connectivity index (χ0) is 16.1. The zero-order valence-corrected chi connectivity index (χ0v) is 14.4. The highest BCUT2D eigenvalue weighted by Crippen LogP contribution is 2.63. The number of thiazole rings is 1. The molecule has 0 saturated heterocycles. The molecular formula is C16H20ClN3O2S. The van der Waals surface area contributed by atoms with Crippen molar-refractivity contribution in [2.24, 2.45) is 17.3 Å². The number of alkyl halides is 1. The Bertz CT molecular complexity index is 619. The zero-order valence-electron chi connectivity index (χ0n) is 12.8. The molecule has 1 heterocycles. The number of halogens is 1. The highest BCUT2D eigenvalue weighted by Gasteiger charge is 2.59. The van der Waals surface area contributed by atoms with E-state index in [0.29, 0.717) is 17.0 Å². The first-order valence-corrected chi connectivity index (χ1v) is 9.39. The number of anilines is 1. The second-order valence-electron chi connectivity index (χ2n) is 7.46. The lowest BCUT2D eigenvalue weighted by Crippen LogP contribution is -2.58. The number of carbonyl (C=O) groups is 2. The summed E-state index contributed by atoms with van der Waals surface area (Å²) in [4.78, 5) is 28.5. The first kappa shape index (κ1) is 15.4. The topological polar surface area (TPSA) is 71.1 Å². The van der Waals surface area contributed by atoms with E-state index in [9.17, 15) is 9.59 Å². The van der Waals surface area contributed by atoms with Crippen molar-refractivity contribution in [3.8, 4) is 0 Å². The Kier molecular flexibility index (Phi) is 3.65. The molecule has 2 unspecified atom stereocenters. The Hall–Kier alpha value is -1.14. The maximum absolute atomic E-state index is 12.8. The van der Waals surface area contributed by atoms with Gasteiger partial charge in [0.15, 0.2) is 5.13 Å². The lowest BCUT2D eigenvalue weighted by molar-refractivity contribution is -0.145. The van der Waals surface area contributed by atoms with E-state index in [2.05, 4.69) is 15.6 Å². The number of rotatable bonds is 4. The van der Waals surface area contributed by atoms with Crippen molar-refractivity contribution in [1.82, 2.24) is 10.3 Å². The number of amides is 2. The van der Waals surface area contributed by atoms with Gasteiger partial charge in [-0.1, -0.05) is 0 Å². The molecule has 2 N–H and O–H groups in total. The molecule has 0 aliphatic heterocycles. The van der Waals surface area contributed by atoms with Crippen molar-refractivity contribution in [3.05, 3.63) is 11.6 Å². The molecule has 4 fully saturated rings. The lowest BCUT2D eigenvalue weighted by Gasteiger charge is -2.59. The Morgan fingerprint density at radius 2 is 2.04 bits per heavy atom. The second-order valence-corrected chi connectivity index (χ2v) is 9.16. The molecule has 7 heteroatoms. The summed E-state index contributed by atoms with van der Waals surface area (Å²) in [5.41, 5.74) is -0.354. The van der Waals surface area contributed by atoms with Gasteiger partial charge >= 0.3 is 0 Å². The predicted molar refractivity (Wildman–Crippen MR) is 89.5 cm³/mol. The van der Waals surface area contributed by atoms with E-state index in [0.717, 1.165) is 32.1 Å². The summed E-state index contributed by atoms with van der Waals surface area (Å²) in [6.45, 7) is -0.00914. The molecule has 4 aliphatic carbocycles. The third-order valence-electron chi connectivity index (χ3n) is 5.56.